The van der Waals surface area contributed by atoms with E-state index in [1.165, 1.54) is 6.07 Å². The Kier molecular flexibility index (Phi) is 4.95. The highest BCUT2D eigenvalue weighted by atomic mass is 16.6. The first-order chi connectivity index (χ1) is 10.1. The van der Waals surface area contributed by atoms with Gasteiger partial charge in [-0.25, -0.2) is 4.98 Å². The summed E-state index contributed by atoms with van der Waals surface area (Å²) in [5, 5.41) is 27.0. The maximum absolute atomic E-state index is 11.2. The van der Waals surface area contributed by atoms with Crippen LogP contribution in [-0.2, 0) is 0 Å². The van der Waals surface area contributed by atoms with Gasteiger partial charge < -0.3 is 15.7 Å². The van der Waals surface area contributed by atoms with E-state index in [0.717, 1.165) is 38.6 Å². The van der Waals surface area contributed by atoms with Crippen LogP contribution in [0.3, 0.4) is 0 Å². The average molecular weight is 294 g/mol. The molecule has 1 aliphatic carbocycles. The quantitative estimate of drug-likeness (QED) is 0.528. The minimum Gasteiger partial charge on any atom is -0.394 e. The zero-order chi connectivity index (χ0) is 15.3. The fourth-order valence-electron chi connectivity index (χ4n) is 2.67. The van der Waals surface area contributed by atoms with Gasteiger partial charge >= 0.3 is 5.69 Å². The van der Waals surface area contributed by atoms with Crippen molar-refractivity contribution in [3.63, 3.8) is 0 Å². The Morgan fingerprint density at radius 1 is 1.43 bits per heavy atom. The van der Waals surface area contributed by atoms with Crippen LogP contribution in [0.1, 0.15) is 39.0 Å². The molecule has 0 unspecified atom stereocenters. The lowest BCUT2D eigenvalue weighted by molar-refractivity contribution is -0.384. The summed E-state index contributed by atoms with van der Waals surface area (Å²) < 4.78 is 0. The number of nitro groups is 1. The molecular formula is C14H22N4O3. The Balaban J connectivity index is 2.27. The number of nitrogens with zero attached hydrogens (tertiary/aromatic N) is 2. The van der Waals surface area contributed by atoms with E-state index in [2.05, 4.69) is 15.6 Å². The molecule has 21 heavy (non-hydrogen) atoms. The van der Waals surface area contributed by atoms with E-state index >= 15 is 0 Å². The van der Waals surface area contributed by atoms with E-state index in [1.807, 2.05) is 6.92 Å². The number of nitrogens with one attached hydrogen (secondary N) is 2. The van der Waals surface area contributed by atoms with Gasteiger partial charge in [0.2, 0.25) is 5.82 Å². The van der Waals surface area contributed by atoms with Crippen molar-refractivity contribution < 1.29 is 10.0 Å². The van der Waals surface area contributed by atoms with Gasteiger partial charge in [-0.3, -0.25) is 10.1 Å². The number of hydrogen-bond donors (Lipinski definition) is 3. The highest BCUT2D eigenvalue weighted by Gasteiger charge is 2.35. The smallest absolute Gasteiger partial charge is 0.311 e. The standard InChI is InChI=1S/C14H22N4O3/c1-2-9-15-12-6-5-11(18(20)21)13(16-12)17-14(10-19)7-3-4-8-14/h5-6,19H,2-4,7-10H2,1H3,(H2,15,16,17). The van der Waals surface area contributed by atoms with Crippen LogP contribution in [0.15, 0.2) is 12.1 Å². The van der Waals surface area contributed by atoms with E-state index in [-0.39, 0.29) is 18.1 Å². The number of aliphatic hydroxyl groups is 1. The van der Waals surface area contributed by atoms with E-state index in [9.17, 15) is 15.2 Å². The molecule has 0 atom stereocenters. The maximum atomic E-state index is 11.2. The molecule has 0 saturated heterocycles. The van der Waals surface area contributed by atoms with E-state index in [0.29, 0.717) is 5.82 Å². The number of aliphatic hydroxyl groups excluding tert-OH is 1. The molecular weight excluding hydrogens is 272 g/mol. The largest absolute Gasteiger partial charge is 0.394 e. The lowest BCUT2D eigenvalue weighted by Crippen LogP contribution is -2.39. The van der Waals surface area contributed by atoms with Crippen LogP contribution in [-0.4, -0.2) is 33.7 Å². The molecule has 1 saturated carbocycles. The van der Waals surface area contributed by atoms with Gasteiger partial charge in [0.05, 0.1) is 17.1 Å². The molecule has 116 valence electrons. The predicted octanol–water partition coefficient (Wildman–Crippen LogP) is 2.53. The number of aromatic nitrogens is 1. The summed E-state index contributed by atoms with van der Waals surface area (Å²) >= 11 is 0. The zero-order valence-electron chi connectivity index (χ0n) is 12.3. The first-order valence-electron chi connectivity index (χ1n) is 7.38. The molecule has 3 N–H and O–H groups in total. The second-order valence-corrected chi connectivity index (χ2v) is 5.52. The van der Waals surface area contributed by atoms with Gasteiger partial charge in [0.25, 0.3) is 0 Å². The van der Waals surface area contributed by atoms with E-state index in [1.54, 1.807) is 6.07 Å². The van der Waals surface area contributed by atoms with Crippen molar-refractivity contribution in [1.82, 2.24) is 4.98 Å². The molecule has 7 heteroatoms. The lowest BCUT2D eigenvalue weighted by atomic mass is 9.99. The van der Waals surface area contributed by atoms with Gasteiger partial charge in [-0.05, 0) is 25.3 Å². The van der Waals surface area contributed by atoms with Crippen LogP contribution in [0.4, 0.5) is 17.3 Å². The highest BCUT2D eigenvalue weighted by molar-refractivity contribution is 5.61. The summed E-state index contributed by atoms with van der Waals surface area (Å²) in [6.07, 6.45) is 4.57. The van der Waals surface area contributed by atoms with Crippen molar-refractivity contribution in [2.24, 2.45) is 0 Å². The molecule has 0 aromatic carbocycles. The van der Waals surface area contributed by atoms with Gasteiger partial charge in [0.15, 0.2) is 0 Å². The topological polar surface area (TPSA) is 100 Å². The van der Waals surface area contributed by atoms with Crippen LogP contribution >= 0.6 is 0 Å². The van der Waals surface area contributed by atoms with E-state index in [4.69, 9.17) is 0 Å². The van der Waals surface area contributed by atoms with Crippen molar-refractivity contribution in [2.45, 2.75) is 44.6 Å². The average Bonchev–Trinajstić information content (AvgIpc) is 2.94. The monoisotopic (exact) mass is 294 g/mol. The second kappa shape index (κ2) is 6.71. The van der Waals surface area contributed by atoms with Crippen LogP contribution in [0.25, 0.3) is 0 Å². The van der Waals surface area contributed by atoms with Gasteiger partial charge in [-0.2, -0.15) is 0 Å². The molecule has 0 radical (unpaired) electrons. The fraction of sp³-hybridized carbons (Fsp3) is 0.643. The lowest BCUT2D eigenvalue weighted by Gasteiger charge is -2.28. The van der Waals surface area contributed by atoms with Crippen molar-refractivity contribution in [1.29, 1.82) is 0 Å². The van der Waals surface area contributed by atoms with Gasteiger partial charge in [0, 0.05) is 12.6 Å². The molecule has 7 nitrogen and oxygen atoms in total. The molecule has 2 rings (SSSR count). The predicted molar refractivity (Wildman–Crippen MR) is 81.6 cm³/mol. The number of pyridine rings is 1. The summed E-state index contributed by atoms with van der Waals surface area (Å²) in [5.41, 5.74) is -0.544. The molecule has 1 aromatic rings. The highest BCUT2D eigenvalue weighted by Crippen LogP contribution is 2.35. The van der Waals surface area contributed by atoms with Gasteiger partial charge in [-0.15, -0.1) is 0 Å². The third-order valence-corrected chi connectivity index (χ3v) is 3.87. The Bertz CT molecular complexity index is 501. The molecule has 0 aliphatic heterocycles. The number of rotatable bonds is 7. The van der Waals surface area contributed by atoms with Crippen LogP contribution < -0.4 is 10.6 Å². The zero-order valence-corrected chi connectivity index (χ0v) is 12.3. The number of anilines is 2. The summed E-state index contributed by atoms with van der Waals surface area (Å²) in [7, 11) is 0. The van der Waals surface area contributed by atoms with Crippen molar-refractivity contribution in [3.05, 3.63) is 22.2 Å². The van der Waals surface area contributed by atoms with Crippen molar-refractivity contribution >= 4 is 17.3 Å². The van der Waals surface area contributed by atoms with Crippen LogP contribution in [0, 0.1) is 10.1 Å². The SMILES string of the molecule is CCCNc1ccc([N+](=O)[O-])c(NC2(CO)CCCC2)n1. The summed E-state index contributed by atoms with van der Waals surface area (Å²) in [5.74, 6) is 0.841. The Morgan fingerprint density at radius 3 is 2.71 bits per heavy atom. The van der Waals surface area contributed by atoms with Gasteiger partial charge in [0.1, 0.15) is 5.82 Å². The molecule has 0 bridgehead atoms. The normalized spacial score (nSPS) is 16.7. The molecule has 1 fully saturated rings. The number of hydrogen-bond acceptors (Lipinski definition) is 6. The summed E-state index contributed by atoms with van der Waals surface area (Å²) in [6.45, 7) is 2.75. The molecule has 1 aromatic heterocycles. The summed E-state index contributed by atoms with van der Waals surface area (Å²) in [6, 6.07) is 3.06. The third-order valence-electron chi connectivity index (χ3n) is 3.87. The molecule has 1 heterocycles. The Morgan fingerprint density at radius 2 is 2.14 bits per heavy atom. The first-order valence-corrected chi connectivity index (χ1v) is 7.38. The molecule has 0 spiro atoms. The van der Waals surface area contributed by atoms with Gasteiger partial charge in [-0.1, -0.05) is 19.8 Å². The summed E-state index contributed by atoms with van der Waals surface area (Å²) in [4.78, 5) is 15.0. The van der Waals surface area contributed by atoms with Crippen molar-refractivity contribution in [2.75, 3.05) is 23.8 Å². The minimum atomic E-state index is -0.485. The molecule has 1 aliphatic rings. The van der Waals surface area contributed by atoms with Crippen LogP contribution in [0.5, 0.6) is 0 Å². The van der Waals surface area contributed by atoms with E-state index < -0.39 is 10.5 Å². The first kappa shape index (κ1) is 15.5. The van der Waals surface area contributed by atoms with Crippen LogP contribution in [0.2, 0.25) is 0 Å². The third kappa shape index (κ3) is 3.60. The fourth-order valence-corrected chi connectivity index (χ4v) is 2.67. The minimum absolute atomic E-state index is 0.0432. The van der Waals surface area contributed by atoms with Crippen molar-refractivity contribution in [3.8, 4) is 0 Å². The maximum Gasteiger partial charge on any atom is 0.311 e. The second-order valence-electron chi connectivity index (χ2n) is 5.52. The Labute approximate surface area is 123 Å². The molecule has 0 amide bonds. The Hall–Kier alpha value is -1.89.